The molecule has 1 amide bonds. The molecule has 3 heteroatoms. The Labute approximate surface area is 99.4 Å². The number of rotatable bonds is 7. The number of amides is 1. The predicted molar refractivity (Wildman–Crippen MR) is 67.2 cm³/mol. The molecule has 0 aliphatic heterocycles. The van der Waals surface area contributed by atoms with E-state index in [4.69, 9.17) is 5.73 Å². The molecule has 2 N–H and O–H groups in total. The highest BCUT2D eigenvalue weighted by atomic mass is 16.2. The van der Waals surface area contributed by atoms with Gasteiger partial charge in [-0.25, -0.2) is 0 Å². The maximum Gasteiger partial charge on any atom is 0.222 e. The van der Waals surface area contributed by atoms with E-state index in [1.54, 1.807) is 0 Å². The van der Waals surface area contributed by atoms with Gasteiger partial charge >= 0.3 is 0 Å². The Balaban J connectivity index is 2.44. The summed E-state index contributed by atoms with van der Waals surface area (Å²) in [5.41, 5.74) is 5.54. The van der Waals surface area contributed by atoms with E-state index in [2.05, 4.69) is 11.8 Å². The molecule has 1 aliphatic carbocycles. The molecule has 1 rings (SSSR count). The van der Waals surface area contributed by atoms with Crippen molar-refractivity contribution in [2.45, 2.75) is 64.3 Å². The Morgan fingerprint density at radius 3 is 2.56 bits per heavy atom. The van der Waals surface area contributed by atoms with Gasteiger partial charge in [0.25, 0.3) is 0 Å². The van der Waals surface area contributed by atoms with Crippen LogP contribution in [0.1, 0.15) is 58.3 Å². The maximum atomic E-state index is 12.1. The molecule has 16 heavy (non-hydrogen) atoms. The first kappa shape index (κ1) is 13.5. The minimum absolute atomic E-state index is 0.349. The van der Waals surface area contributed by atoms with Crippen LogP contribution in [0.3, 0.4) is 0 Å². The maximum absolute atomic E-state index is 12.1. The molecule has 1 aliphatic rings. The predicted octanol–water partition coefficient (Wildman–Crippen LogP) is 2.30. The Bertz CT molecular complexity index is 200. The smallest absolute Gasteiger partial charge is 0.222 e. The standard InChI is InChI=1S/C13H26N2O/c1-2-3-9-13(16)15(11-6-10-14)12-7-4-5-8-12/h12H,2-11,14H2,1H3. The average molecular weight is 226 g/mol. The highest BCUT2D eigenvalue weighted by molar-refractivity contribution is 5.76. The van der Waals surface area contributed by atoms with Crippen LogP contribution in [0, 0.1) is 0 Å². The SMILES string of the molecule is CCCCC(=O)N(CCCN)C1CCCC1. The summed E-state index contributed by atoms with van der Waals surface area (Å²) in [6, 6.07) is 0.510. The molecular formula is C13H26N2O. The fourth-order valence-electron chi connectivity index (χ4n) is 2.46. The second kappa shape index (κ2) is 7.66. The number of carbonyl (C=O) groups is 1. The van der Waals surface area contributed by atoms with Crippen LogP contribution >= 0.6 is 0 Å². The van der Waals surface area contributed by atoms with Crippen molar-refractivity contribution in [1.82, 2.24) is 4.90 Å². The van der Waals surface area contributed by atoms with Crippen molar-refractivity contribution < 1.29 is 4.79 Å². The van der Waals surface area contributed by atoms with Crippen molar-refractivity contribution in [1.29, 1.82) is 0 Å². The lowest BCUT2D eigenvalue weighted by molar-refractivity contribution is -0.133. The van der Waals surface area contributed by atoms with E-state index in [0.29, 0.717) is 18.5 Å². The molecule has 0 unspecified atom stereocenters. The summed E-state index contributed by atoms with van der Waals surface area (Å²) in [4.78, 5) is 14.2. The third-order valence-corrected chi connectivity index (χ3v) is 3.43. The first-order valence-electron chi connectivity index (χ1n) is 6.79. The number of nitrogens with zero attached hydrogens (tertiary/aromatic N) is 1. The molecule has 0 radical (unpaired) electrons. The van der Waals surface area contributed by atoms with Crippen molar-refractivity contribution in [3.63, 3.8) is 0 Å². The van der Waals surface area contributed by atoms with Crippen molar-refractivity contribution >= 4 is 5.91 Å². The number of unbranched alkanes of at least 4 members (excludes halogenated alkanes) is 1. The van der Waals surface area contributed by atoms with Crippen molar-refractivity contribution in [3.8, 4) is 0 Å². The molecule has 1 saturated carbocycles. The number of carbonyl (C=O) groups excluding carboxylic acids is 1. The molecule has 1 fully saturated rings. The van der Waals surface area contributed by atoms with E-state index in [1.165, 1.54) is 25.7 Å². The normalized spacial score (nSPS) is 16.6. The van der Waals surface area contributed by atoms with E-state index in [1.807, 2.05) is 0 Å². The third-order valence-electron chi connectivity index (χ3n) is 3.43. The van der Waals surface area contributed by atoms with E-state index < -0.39 is 0 Å². The number of nitrogens with two attached hydrogens (primary N) is 1. The second-order valence-electron chi connectivity index (χ2n) is 4.77. The molecule has 94 valence electrons. The van der Waals surface area contributed by atoms with Crippen LogP contribution in [0.15, 0.2) is 0 Å². The molecule has 3 nitrogen and oxygen atoms in total. The monoisotopic (exact) mass is 226 g/mol. The Kier molecular flexibility index (Phi) is 6.46. The molecule has 0 aromatic rings. The Morgan fingerprint density at radius 1 is 1.31 bits per heavy atom. The molecule has 0 aromatic heterocycles. The largest absolute Gasteiger partial charge is 0.340 e. The Hall–Kier alpha value is -0.570. The molecular weight excluding hydrogens is 200 g/mol. The van der Waals surface area contributed by atoms with Crippen LogP contribution in [0.4, 0.5) is 0 Å². The number of hydrogen-bond acceptors (Lipinski definition) is 2. The van der Waals surface area contributed by atoms with Gasteiger partial charge in [-0.15, -0.1) is 0 Å². The van der Waals surface area contributed by atoms with Crippen LogP contribution in [0.5, 0.6) is 0 Å². The van der Waals surface area contributed by atoms with Gasteiger partial charge in [0.1, 0.15) is 0 Å². The van der Waals surface area contributed by atoms with Crippen LogP contribution in [-0.4, -0.2) is 29.9 Å². The summed E-state index contributed by atoms with van der Waals surface area (Å²) >= 11 is 0. The lowest BCUT2D eigenvalue weighted by atomic mass is 10.1. The summed E-state index contributed by atoms with van der Waals surface area (Å²) in [6.07, 6.45) is 8.73. The average Bonchev–Trinajstić information content (AvgIpc) is 2.80. The summed E-state index contributed by atoms with van der Waals surface area (Å²) in [5.74, 6) is 0.349. The van der Waals surface area contributed by atoms with Gasteiger partial charge in [-0.05, 0) is 32.2 Å². The fourth-order valence-corrected chi connectivity index (χ4v) is 2.46. The van der Waals surface area contributed by atoms with Gasteiger partial charge < -0.3 is 10.6 Å². The van der Waals surface area contributed by atoms with E-state index >= 15 is 0 Å². The van der Waals surface area contributed by atoms with Gasteiger partial charge in [0.15, 0.2) is 0 Å². The van der Waals surface area contributed by atoms with Crippen molar-refractivity contribution in [2.75, 3.05) is 13.1 Å². The molecule has 0 bridgehead atoms. The summed E-state index contributed by atoms with van der Waals surface area (Å²) in [6.45, 7) is 3.68. The van der Waals surface area contributed by atoms with Gasteiger partial charge in [0.05, 0.1) is 0 Å². The van der Waals surface area contributed by atoms with Crippen molar-refractivity contribution in [3.05, 3.63) is 0 Å². The topological polar surface area (TPSA) is 46.3 Å². The van der Waals surface area contributed by atoms with E-state index in [0.717, 1.165) is 32.2 Å². The van der Waals surface area contributed by atoms with Gasteiger partial charge in [-0.2, -0.15) is 0 Å². The highest BCUT2D eigenvalue weighted by Gasteiger charge is 2.25. The van der Waals surface area contributed by atoms with Gasteiger partial charge in [-0.3, -0.25) is 4.79 Å². The minimum atomic E-state index is 0.349. The minimum Gasteiger partial charge on any atom is -0.340 e. The van der Waals surface area contributed by atoms with Crippen LogP contribution in [0.25, 0.3) is 0 Å². The van der Waals surface area contributed by atoms with Gasteiger partial charge in [0, 0.05) is 19.0 Å². The second-order valence-corrected chi connectivity index (χ2v) is 4.77. The summed E-state index contributed by atoms with van der Waals surface area (Å²) in [5, 5.41) is 0. The highest BCUT2D eigenvalue weighted by Crippen LogP contribution is 2.24. The Morgan fingerprint density at radius 2 is 2.00 bits per heavy atom. The first-order valence-corrected chi connectivity index (χ1v) is 6.79. The third kappa shape index (κ3) is 4.12. The zero-order valence-corrected chi connectivity index (χ0v) is 10.6. The molecule has 0 saturated heterocycles. The van der Waals surface area contributed by atoms with E-state index in [9.17, 15) is 4.79 Å². The zero-order valence-electron chi connectivity index (χ0n) is 10.6. The molecule has 0 aromatic carbocycles. The van der Waals surface area contributed by atoms with E-state index in [-0.39, 0.29) is 0 Å². The molecule has 0 heterocycles. The van der Waals surface area contributed by atoms with Crippen LogP contribution < -0.4 is 5.73 Å². The fraction of sp³-hybridized carbons (Fsp3) is 0.923. The lowest BCUT2D eigenvalue weighted by Gasteiger charge is -2.29. The molecule has 0 atom stereocenters. The van der Waals surface area contributed by atoms with Gasteiger partial charge in [-0.1, -0.05) is 26.2 Å². The zero-order chi connectivity index (χ0) is 11.8. The van der Waals surface area contributed by atoms with Crippen molar-refractivity contribution in [2.24, 2.45) is 5.73 Å². The van der Waals surface area contributed by atoms with Gasteiger partial charge in [0.2, 0.25) is 5.91 Å². The lowest BCUT2D eigenvalue weighted by Crippen LogP contribution is -2.40. The van der Waals surface area contributed by atoms with Crippen LogP contribution in [0.2, 0.25) is 0 Å². The molecule has 0 spiro atoms. The van der Waals surface area contributed by atoms with Crippen LogP contribution in [-0.2, 0) is 4.79 Å². The quantitative estimate of drug-likeness (QED) is 0.724. The summed E-state index contributed by atoms with van der Waals surface area (Å²) in [7, 11) is 0. The first-order chi connectivity index (χ1) is 7.79. The summed E-state index contributed by atoms with van der Waals surface area (Å²) < 4.78 is 0. The number of hydrogen-bond donors (Lipinski definition) is 1.